The van der Waals surface area contributed by atoms with E-state index in [9.17, 15) is 0 Å². The number of nitrogens with zero attached hydrogens (tertiary/aromatic N) is 3. The first-order chi connectivity index (χ1) is 8.79. The number of aryl methyl sites for hydroxylation is 1. The van der Waals surface area contributed by atoms with Crippen molar-refractivity contribution in [1.29, 1.82) is 0 Å². The molecule has 0 aliphatic rings. The Morgan fingerprint density at radius 3 is 2.78 bits per heavy atom. The molecule has 0 bridgehead atoms. The Labute approximate surface area is 104 Å². The molecule has 0 aliphatic heterocycles. The summed E-state index contributed by atoms with van der Waals surface area (Å²) < 4.78 is 7.44. The van der Waals surface area contributed by atoms with E-state index in [1.165, 1.54) is 0 Å². The third-order valence-corrected chi connectivity index (χ3v) is 2.72. The van der Waals surface area contributed by atoms with Crippen LogP contribution in [0.2, 0.25) is 0 Å². The van der Waals surface area contributed by atoms with Crippen LogP contribution in [0.5, 0.6) is 0 Å². The Bertz CT molecular complexity index is 669. The molecule has 5 heteroatoms. The van der Waals surface area contributed by atoms with Gasteiger partial charge in [0.1, 0.15) is 5.69 Å². The highest BCUT2D eigenvalue weighted by Crippen LogP contribution is 2.24. The largest absolute Gasteiger partial charge is 0.420 e. The van der Waals surface area contributed by atoms with Gasteiger partial charge in [-0.3, -0.25) is 0 Å². The smallest absolute Gasteiger partial charge is 0.297 e. The predicted octanol–water partition coefficient (Wildman–Crippen LogP) is 2.75. The number of rotatable bonds is 3. The Morgan fingerprint density at radius 1 is 1.28 bits per heavy atom. The van der Waals surface area contributed by atoms with Crippen LogP contribution in [0.15, 0.2) is 34.7 Å². The second-order valence-corrected chi connectivity index (χ2v) is 4.03. The quantitative estimate of drug-likeness (QED) is 0.767. The van der Waals surface area contributed by atoms with Gasteiger partial charge in [0.15, 0.2) is 5.58 Å². The van der Waals surface area contributed by atoms with Gasteiger partial charge in [-0.15, -0.1) is 0 Å². The van der Waals surface area contributed by atoms with E-state index in [4.69, 9.17) is 4.42 Å². The lowest BCUT2D eigenvalue weighted by atomic mass is 10.3. The van der Waals surface area contributed by atoms with Crippen molar-refractivity contribution in [1.82, 2.24) is 14.8 Å². The molecule has 1 aromatic carbocycles. The monoisotopic (exact) mass is 242 g/mol. The number of aromatic nitrogens is 3. The molecule has 0 saturated heterocycles. The van der Waals surface area contributed by atoms with Gasteiger partial charge in [0.2, 0.25) is 5.65 Å². The van der Waals surface area contributed by atoms with Crippen LogP contribution in [0, 0.1) is 6.92 Å². The molecule has 2 aromatic heterocycles. The van der Waals surface area contributed by atoms with Crippen LogP contribution in [-0.4, -0.2) is 21.3 Å². The molecular weight excluding hydrogens is 228 g/mol. The average Bonchev–Trinajstić information content (AvgIpc) is 2.92. The van der Waals surface area contributed by atoms with Gasteiger partial charge in [0, 0.05) is 6.54 Å². The first-order valence-corrected chi connectivity index (χ1v) is 5.95. The maximum atomic E-state index is 5.64. The molecule has 0 aliphatic carbocycles. The molecule has 3 rings (SSSR count). The third kappa shape index (κ3) is 1.64. The molecular formula is C13H14N4O. The maximum Gasteiger partial charge on any atom is 0.297 e. The standard InChI is InChI=1S/C13H14N4O/c1-3-14-13-15-12-11(18-13)9(2)16-17(12)10-7-5-4-6-8-10/h4-8H,3H2,1-2H3,(H,14,15). The highest BCUT2D eigenvalue weighted by Gasteiger charge is 2.15. The molecule has 0 unspecified atom stereocenters. The van der Waals surface area contributed by atoms with Crippen molar-refractivity contribution in [2.24, 2.45) is 0 Å². The molecule has 3 aromatic rings. The van der Waals surface area contributed by atoms with E-state index in [0.717, 1.165) is 29.2 Å². The van der Waals surface area contributed by atoms with Gasteiger partial charge >= 0.3 is 0 Å². The van der Waals surface area contributed by atoms with Crippen LogP contribution in [0.25, 0.3) is 16.9 Å². The molecule has 0 atom stereocenters. The second kappa shape index (κ2) is 4.18. The van der Waals surface area contributed by atoms with E-state index in [2.05, 4.69) is 15.4 Å². The number of hydrogen-bond acceptors (Lipinski definition) is 4. The first-order valence-electron chi connectivity index (χ1n) is 5.95. The molecule has 0 saturated carbocycles. The van der Waals surface area contributed by atoms with Gasteiger partial charge in [-0.2, -0.15) is 10.1 Å². The van der Waals surface area contributed by atoms with Gasteiger partial charge in [0.25, 0.3) is 6.01 Å². The summed E-state index contributed by atoms with van der Waals surface area (Å²) in [5, 5.41) is 7.52. The van der Waals surface area contributed by atoms with Crippen molar-refractivity contribution >= 4 is 17.2 Å². The molecule has 2 heterocycles. The summed E-state index contributed by atoms with van der Waals surface area (Å²) in [7, 11) is 0. The van der Waals surface area contributed by atoms with E-state index >= 15 is 0 Å². The number of benzene rings is 1. The van der Waals surface area contributed by atoms with Gasteiger partial charge in [-0.25, -0.2) is 4.68 Å². The Balaban J connectivity index is 2.18. The summed E-state index contributed by atoms with van der Waals surface area (Å²) in [6.07, 6.45) is 0. The minimum Gasteiger partial charge on any atom is -0.420 e. The molecule has 0 fully saturated rings. The zero-order chi connectivity index (χ0) is 12.5. The van der Waals surface area contributed by atoms with Crippen molar-refractivity contribution in [3.8, 4) is 5.69 Å². The average molecular weight is 242 g/mol. The molecule has 1 N–H and O–H groups in total. The number of oxazole rings is 1. The van der Waals surface area contributed by atoms with Crippen LogP contribution >= 0.6 is 0 Å². The van der Waals surface area contributed by atoms with Crippen molar-refractivity contribution < 1.29 is 4.42 Å². The summed E-state index contributed by atoms with van der Waals surface area (Å²) in [6, 6.07) is 10.5. The van der Waals surface area contributed by atoms with Crippen molar-refractivity contribution in [2.75, 3.05) is 11.9 Å². The Hall–Kier alpha value is -2.30. The summed E-state index contributed by atoms with van der Waals surface area (Å²) in [5.41, 5.74) is 3.29. The fourth-order valence-corrected chi connectivity index (χ4v) is 1.91. The maximum absolute atomic E-state index is 5.64. The van der Waals surface area contributed by atoms with Crippen LogP contribution in [-0.2, 0) is 0 Å². The highest BCUT2D eigenvalue weighted by atomic mass is 16.4. The number of fused-ring (bicyclic) bond motifs is 1. The number of anilines is 1. The van der Waals surface area contributed by atoms with Crippen molar-refractivity contribution in [3.63, 3.8) is 0 Å². The van der Waals surface area contributed by atoms with Gasteiger partial charge in [0.05, 0.1) is 5.69 Å². The van der Waals surface area contributed by atoms with Gasteiger partial charge in [-0.05, 0) is 26.0 Å². The Morgan fingerprint density at radius 2 is 2.06 bits per heavy atom. The number of nitrogens with one attached hydrogen (secondary N) is 1. The lowest BCUT2D eigenvalue weighted by molar-refractivity contribution is 0.612. The van der Waals surface area contributed by atoms with E-state index < -0.39 is 0 Å². The van der Waals surface area contributed by atoms with Crippen molar-refractivity contribution in [2.45, 2.75) is 13.8 Å². The highest BCUT2D eigenvalue weighted by molar-refractivity contribution is 5.75. The summed E-state index contributed by atoms with van der Waals surface area (Å²) in [6.45, 7) is 4.70. The van der Waals surface area contributed by atoms with E-state index in [-0.39, 0.29) is 0 Å². The molecule has 0 spiro atoms. The predicted molar refractivity (Wildman–Crippen MR) is 70.0 cm³/mol. The lowest BCUT2D eigenvalue weighted by Gasteiger charge is -2.00. The molecule has 0 radical (unpaired) electrons. The zero-order valence-electron chi connectivity index (χ0n) is 10.3. The van der Waals surface area contributed by atoms with Crippen LogP contribution in [0.4, 0.5) is 6.01 Å². The molecule has 18 heavy (non-hydrogen) atoms. The zero-order valence-corrected chi connectivity index (χ0v) is 10.3. The van der Waals surface area contributed by atoms with E-state index in [0.29, 0.717) is 6.01 Å². The second-order valence-electron chi connectivity index (χ2n) is 4.03. The first kappa shape index (κ1) is 10.8. The lowest BCUT2D eigenvalue weighted by Crippen LogP contribution is -1.99. The van der Waals surface area contributed by atoms with Crippen LogP contribution in [0.3, 0.4) is 0 Å². The van der Waals surface area contributed by atoms with Crippen molar-refractivity contribution in [3.05, 3.63) is 36.0 Å². The van der Waals surface area contributed by atoms with E-state index in [1.807, 2.05) is 44.2 Å². The molecule has 0 amide bonds. The molecule has 5 nitrogen and oxygen atoms in total. The normalized spacial score (nSPS) is 11.0. The SMILES string of the molecule is CCNc1nc2c(o1)c(C)nn2-c1ccccc1. The number of hydrogen-bond donors (Lipinski definition) is 1. The topological polar surface area (TPSA) is 55.9 Å². The van der Waals surface area contributed by atoms with E-state index in [1.54, 1.807) is 4.68 Å². The fraction of sp³-hybridized carbons (Fsp3) is 0.231. The third-order valence-electron chi connectivity index (χ3n) is 2.72. The Kier molecular flexibility index (Phi) is 2.51. The van der Waals surface area contributed by atoms with Crippen LogP contribution in [0.1, 0.15) is 12.6 Å². The molecule has 92 valence electrons. The summed E-state index contributed by atoms with van der Waals surface area (Å²) in [5.74, 6) is 0. The summed E-state index contributed by atoms with van der Waals surface area (Å²) in [4.78, 5) is 4.42. The minimum absolute atomic E-state index is 0.540. The minimum atomic E-state index is 0.540. The van der Waals surface area contributed by atoms with Gasteiger partial charge in [-0.1, -0.05) is 18.2 Å². The fourth-order valence-electron chi connectivity index (χ4n) is 1.91. The van der Waals surface area contributed by atoms with Gasteiger partial charge < -0.3 is 9.73 Å². The number of para-hydroxylation sites is 1. The summed E-state index contributed by atoms with van der Waals surface area (Å²) >= 11 is 0. The van der Waals surface area contributed by atoms with Crippen LogP contribution < -0.4 is 5.32 Å².